The lowest BCUT2D eigenvalue weighted by atomic mass is 9.79. The van der Waals surface area contributed by atoms with E-state index >= 15 is 0 Å². The molecule has 0 aromatic heterocycles. The molecule has 1 saturated heterocycles. The highest BCUT2D eigenvalue weighted by molar-refractivity contribution is 7.90. The Bertz CT molecular complexity index is 700. The predicted octanol–water partition coefficient (Wildman–Crippen LogP) is 1.56. The van der Waals surface area contributed by atoms with E-state index < -0.39 is 14.8 Å². The van der Waals surface area contributed by atoms with Crippen molar-refractivity contribution in [1.82, 2.24) is 0 Å². The first-order chi connectivity index (χ1) is 10.0. The maximum absolute atomic E-state index is 11.6. The molecule has 0 spiro atoms. The van der Waals surface area contributed by atoms with E-state index in [1.807, 2.05) is 18.7 Å². The van der Waals surface area contributed by atoms with Gasteiger partial charge in [-0.15, -0.1) is 0 Å². The van der Waals surface area contributed by atoms with Crippen LogP contribution in [0.3, 0.4) is 0 Å². The predicted molar refractivity (Wildman–Crippen MR) is 84.8 cm³/mol. The van der Waals surface area contributed by atoms with E-state index in [0.717, 1.165) is 18.7 Å². The molecule has 0 amide bonds. The van der Waals surface area contributed by atoms with E-state index in [0.29, 0.717) is 18.8 Å². The molecular weight excluding hydrogens is 306 g/mol. The van der Waals surface area contributed by atoms with E-state index in [1.54, 1.807) is 0 Å². The van der Waals surface area contributed by atoms with Gasteiger partial charge in [0.15, 0.2) is 9.84 Å². The standard InChI is InChI=1S/C14H21N3O4S/c1-14(2)9-16(7-6-13(14)15)11-5-4-10(22(3,20)21)8-12(11)17(18)19/h4-5,8,13H,6-7,9,15H2,1-3H3. The Morgan fingerprint density at radius 1 is 1.41 bits per heavy atom. The molecule has 7 nitrogen and oxygen atoms in total. The molecule has 1 aromatic carbocycles. The van der Waals surface area contributed by atoms with Crippen molar-refractivity contribution < 1.29 is 13.3 Å². The minimum atomic E-state index is -3.48. The van der Waals surface area contributed by atoms with Crippen LogP contribution in [0.5, 0.6) is 0 Å². The highest BCUT2D eigenvalue weighted by Gasteiger charge is 2.35. The largest absolute Gasteiger partial charge is 0.365 e. The van der Waals surface area contributed by atoms with E-state index in [4.69, 9.17) is 5.73 Å². The second-order valence-corrected chi connectivity index (χ2v) is 8.50. The van der Waals surface area contributed by atoms with Crippen LogP contribution in [0.2, 0.25) is 0 Å². The number of hydrogen-bond acceptors (Lipinski definition) is 6. The van der Waals surface area contributed by atoms with Gasteiger partial charge in [0.1, 0.15) is 5.69 Å². The average Bonchev–Trinajstić information content (AvgIpc) is 2.40. The van der Waals surface area contributed by atoms with Crippen LogP contribution in [0.4, 0.5) is 11.4 Å². The van der Waals surface area contributed by atoms with Gasteiger partial charge in [-0.25, -0.2) is 8.42 Å². The number of nitro groups is 1. The number of hydrogen-bond donors (Lipinski definition) is 1. The zero-order valence-corrected chi connectivity index (χ0v) is 13.8. The molecule has 2 N–H and O–H groups in total. The van der Waals surface area contributed by atoms with Crippen molar-refractivity contribution in [3.8, 4) is 0 Å². The molecule has 0 radical (unpaired) electrons. The average molecular weight is 327 g/mol. The summed E-state index contributed by atoms with van der Waals surface area (Å²) in [6.45, 7) is 5.26. The number of nitro benzene ring substituents is 1. The Morgan fingerprint density at radius 3 is 2.55 bits per heavy atom. The van der Waals surface area contributed by atoms with Gasteiger partial charge in [-0.1, -0.05) is 13.8 Å². The van der Waals surface area contributed by atoms with Crippen LogP contribution in [0.15, 0.2) is 23.1 Å². The van der Waals surface area contributed by atoms with Crippen LogP contribution in [-0.4, -0.2) is 38.7 Å². The van der Waals surface area contributed by atoms with Gasteiger partial charge in [0.05, 0.1) is 9.82 Å². The molecule has 1 aliphatic heterocycles. The molecule has 1 aromatic rings. The summed E-state index contributed by atoms with van der Waals surface area (Å²) in [5, 5.41) is 11.3. The van der Waals surface area contributed by atoms with Crippen molar-refractivity contribution in [1.29, 1.82) is 0 Å². The van der Waals surface area contributed by atoms with Crippen LogP contribution in [0, 0.1) is 15.5 Å². The number of sulfone groups is 1. The molecule has 0 aliphatic carbocycles. The lowest BCUT2D eigenvalue weighted by Gasteiger charge is -2.43. The third-order valence-electron chi connectivity index (χ3n) is 4.22. The summed E-state index contributed by atoms with van der Waals surface area (Å²) < 4.78 is 23.2. The highest BCUT2D eigenvalue weighted by Crippen LogP contribution is 2.36. The maximum atomic E-state index is 11.6. The van der Waals surface area contributed by atoms with Gasteiger partial charge in [0, 0.05) is 31.5 Å². The van der Waals surface area contributed by atoms with Crippen LogP contribution in [-0.2, 0) is 9.84 Å². The molecule has 1 aliphatic rings. The SMILES string of the molecule is CC1(C)CN(c2ccc(S(C)(=O)=O)cc2[N+](=O)[O-])CCC1N. The lowest BCUT2D eigenvalue weighted by molar-refractivity contribution is -0.384. The van der Waals surface area contributed by atoms with E-state index in [9.17, 15) is 18.5 Å². The van der Waals surface area contributed by atoms with Crippen LogP contribution < -0.4 is 10.6 Å². The zero-order chi connectivity index (χ0) is 16.7. The monoisotopic (exact) mass is 327 g/mol. The molecule has 122 valence electrons. The smallest absolute Gasteiger partial charge is 0.293 e. The Morgan fingerprint density at radius 2 is 2.05 bits per heavy atom. The molecule has 0 saturated carbocycles. The second kappa shape index (κ2) is 5.51. The number of nitrogens with two attached hydrogens (primary N) is 1. The zero-order valence-electron chi connectivity index (χ0n) is 12.9. The van der Waals surface area contributed by atoms with Crippen LogP contribution in [0.1, 0.15) is 20.3 Å². The Balaban J connectivity index is 2.45. The van der Waals surface area contributed by atoms with Gasteiger partial charge in [-0.2, -0.15) is 0 Å². The third-order valence-corrected chi connectivity index (χ3v) is 5.33. The van der Waals surface area contributed by atoms with E-state index in [1.165, 1.54) is 12.1 Å². The lowest BCUT2D eigenvalue weighted by Crippen LogP contribution is -2.52. The second-order valence-electron chi connectivity index (χ2n) is 6.49. The molecule has 8 heteroatoms. The summed E-state index contributed by atoms with van der Waals surface area (Å²) in [5.41, 5.74) is 6.18. The van der Waals surface area contributed by atoms with Gasteiger partial charge in [-0.3, -0.25) is 10.1 Å². The Hall–Kier alpha value is -1.67. The summed E-state index contributed by atoms with van der Waals surface area (Å²) in [5.74, 6) is 0. The first-order valence-corrected chi connectivity index (χ1v) is 8.90. The third kappa shape index (κ3) is 3.22. The number of piperidine rings is 1. The number of anilines is 1. The normalized spacial score (nSPS) is 21.6. The summed E-state index contributed by atoms with van der Waals surface area (Å²) in [7, 11) is -3.48. The fourth-order valence-corrected chi connectivity index (χ4v) is 3.37. The van der Waals surface area contributed by atoms with Gasteiger partial charge in [0.25, 0.3) is 5.69 Å². The van der Waals surface area contributed by atoms with E-state index in [2.05, 4.69) is 0 Å². The number of rotatable bonds is 3. The molecule has 1 atom stereocenters. The van der Waals surface area contributed by atoms with Crippen molar-refractivity contribution in [3.63, 3.8) is 0 Å². The summed E-state index contributed by atoms with van der Waals surface area (Å²) >= 11 is 0. The van der Waals surface area contributed by atoms with Crippen molar-refractivity contribution in [3.05, 3.63) is 28.3 Å². The molecular formula is C14H21N3O4S. The minimum absolute atomic E-state index is 0.0399. The first kappa shape index (κ1) is 16.7. The molecule has 1 unspecified atom stereocenters. The summed E-state index contributed by atoms with van der Waals surface area (Å²) in [6.07, 6.45) is 1.77. The van der Waals surface area contributed by atoms with Crippen LogP contribution >= 0.6 is 0 Å². The highest BCUT2D eigenvalue weighted by atomic mass is 32.2. The van der Waals surface area contributed by atoms with Gasteiger partial charge in [-0.05, 0) is 24.0 Å². The Labute approximate surface area is 130 Å². The summed E-state index contributed by atoms with van der Waals surface area (Å²) in [6, 6.07) is 4.10. The fraction of sp³-hybridized carbons (Fsp3) is 0.571. The maximum Gasteiger partial charge on any atom is 0.293 e. The van der Waals surface area contributed by atoms with Gasteiger partial charge >= 0.3 is 0 Å². The minimum Gasteiger partial charge on any atom is -0.365 e. The van der Waals surface area contributed by atoms with Crippen molar-refractivity contribution in [2.75, 3.05) is 24.2 Å². The molecule has 2 rings (SSSR count). The van der Waals surface area contributed by atoms with Crippen molar-refractivity contribution in [2.45, 2.75) is 31.2 Å². The summed E-state index contributed by atoms with van der Waals surface area (Å²) in [4.78, 5) is 12.7. The molecule has 1 heterocycles. The number of benzene rings is 1. The van der Waals surface area contributed by atoms with Gasteiger partial charge < -0.3 is 10.6 Å². The van der Waals surface area contributed by atoms with Crippen molar-refractivity contribution in [2.24, 2.45) is 11.1 Å². The van der Waals surface area contributed by atoms with Crippen LogP contribution in [0.25, 0.3) is 0 Å². The molecule has 0 bridgehead atoms. The molecule has 22 heavy (non-hydrogen) atoms. The first-order valence-electron chi connectivity index (χ1n) is 7.01. The quantitative estimate of drug-likeness (QED) is 0.667. The fourth-order valence-electron chi connectivity index (χ4n) is 2.73. The topological polar surface area (TPSA) is 107 Å². The molecule has 1 fully saturated rings. The Kier molecular flexibility index (Phi) is 4.18. The van der Waals surface area contributed by atoms with Gasteiger partial charge in [0.2, 0.25) is 0 Å². The van der Waals surface area contributed by atoms with Crippen molar-refractivity contribution >= 4 is 21.2 Å². The van der Waals surface area contributed by atoms with E-state index in [-0.39, 0.29) is 22.0 Å². The number of nitrogens with zero attached hydrogens (tertiary/aromatic N) is 2.